The number of nitrogens with zero attached hydrogens (tertiary/aromatic N) is 1. The van der Waals surface area contributed by atoms with Gasteiger partial charge in [0.25, 0.3) is 0 Å². The third-order valence-corrected chi connectivity index (χ3v) is 5.51. The molecule has 4 heteroatoms. The van der Waals surface area contributed by atoms with Crippen LogP contribution >= 0.6 is 0 Å². The summed E-state index contributed by atoms with van der Waals surface area (Å²) in [6, 6.07) is 32.7. The maximum absolute atomic E-state index is 11.7. The van der Waals surface area contributed by atoms with Crippen molar-refractivity contribution in [3.05, 3.63) is 143 Å². The van der Waals surface area contributed by atoms with Gasteiger partial charge in [0.2, 0.25) is 0 Å². The summed E-state index contributed by atoms with van der Waals surface area (Å²) in [5.41, 5.74) is 4.02. The quantitative estimate of drug-likeness (QED) is 0.174. The van der Waals surface area contributed by atoms with E-state index in [4.69, 9.17) is 9.47 Å². The highest BCUT2D eigenvalue weighted by molar-refractivity contribution is 5.86. The van der Waals surface area contributed by atoms with Crippen LogP contribution in [0.5, 0.6) is 0 Å². The Morgan fingerprint density at radius 3 is 1.85 bits per heavy atom. The number of esters is 1. The van der Waals surface area contributed by atoms with Crippen molar-refractivity contribution in [1.82, 2.24) is 4.98 Å². The minimum absolute atomic E-state index is 0.326. The fourth-order valence-corrected chi connectivity index (χ4v) is 3.99. The number of carbonyl (C=O) groups excluding carboxylic acids is 1. The first-order valence-electron chi connectivity index (χ1n) is 11.3. The van der Waals surface area contributed by atoms with Crippen molar-refractivity contribution in [1.29, 1.82) is 0 Å². The van der Waals surface area contributed by atoms with Gasteiger partial charge in [-0.2, -0.15) is 0 Å². The lowest BCUT2D eigenvalue weighted by molar-refractivity contribution is -0.137. The molecule has 0 saturated carbocycles. The van der Waals surface area contributed by atoms with Gasteiger partial charge < -0.3 is 9.47 Å². The molecule has 0 fully saturated rings. The second kappa shape index (κ2) is 11.2. The van der Waals surface area contributed by atoms with Crippen molar-refractivity contribution in [2.24, 2.45) is 0 Å². The molecular formula is C30H27NO3. The van der Waals surface area contributed by atoms with E-state index in [1.165, 1.54) is 6.08 Å². The standard InChI is InChI=1S/C30H27NO3/c1-2-33-29(32)19-18-24-20-25(22-31-21-24)23-34-30(26-12-6-3-7-13-26,27-14-8-4-9-15-27)28-16-10-5-11-17-28/h3-22H,2,23H2,1H3/b19-18+. The normalized spacial score (nSPS) is 11.4. The number of carbonyl (C=O) groups is 1. The van der Waals surface area contributed by atoms with Crippen LogP contribution < -0.4 is 0 Å². The van der Waals surface area contributed by atoms with Gasteiger partial charge >= 0.3 is 5.97 Å². The van der Waals surface area contributed by atoms with Crippen LogP contribution in [0.2, 0.25) is 0 Å². The lowest BCUT2D eigenvalue weighted by Gasteiger charge is -2.36. The average Bonchev–Trinajstić information content (AvgIpc) is 2.90. The number of hydrogen-bond donors (Lipinski definition) is 0. The van der Waals surface area contributed by atoms with Gasteiger partial charge in [0, 0.05) is 18.5 Å². The molecule has 170 valence electrons. The number of pyridine rings is 1. The second-order valence-corrected chi connectivity index (χ2v) is 7.78. The Morgan fingerprint density at radius 2 is 1.35 bits per heavy atom. The summed E-state index contributed by atoms with van der Waals surface area (Å²) in [4.78, 5) is 16.0. The maximum Gasteiger partial charge on any atom is 0.330 e. The highest BCUT2D eigenvalue weighted by atomic mass is 16.5. The van der Waals surface area contributed by atoms with Crippen LogP contribution in [0.1, 0.15) is 34.7 Å². The van der Waals surface area contributed by atoms with Crippen LogP contribution in [0.4, 0.5) is 0 Å². The van der Waals surface area contributed by atoms with Crippen molar-refractivity contribution < 1.29 is 14.3 Å². The molecular weight excluding hydrogens is 422 g/mol. The largest absolute Gasteiger partial charge is 0.463 e. The lowest BCUT2D eigenvalue weighted by Crippen LogP contribution is -2.32. The smallest absolute Gasteiger partial charge is 0.330 e. The zero-order valence-electron chi connectivity index (χ0n) is 19.1. The minimum atomic E-state index is -0.805. The van der Waals surface area contributed by atoms with E-state index in [-0.39, 0.29) is 5.97 Å². The molecule has 0 radical (unpaired) electrons. The molecule has 0 spiro atoms. The number of aromatic nitrogens is 1. The Kier molecular flexibility index (Phi) is 7.63. The van der Waals surface area contributed by atoms with E-state index in [0.29, 0.717) is 13.2 Å². The summed E-state index contributed by atoms with van der Waals surface area (Å²) in [7, 11) is 0. The molecule has 0 aliphatic rings. The van der Waals surface area contributed by atoms with Crippen molar-refractivity contribution >= 4 is 12.0 Å². The SMILES string of the molecule is CCOC(=O)/C=C/c1cncc(COC(c2ccccc2)(c2ccccc2)c2ccccc2)c1. The Hall–Kier alpha value is -4.02. The van der Waals surface area contributed by atoms with Crippen molar-refractivity contribution in [3.8, 4) is 0 Å². The van der Waals surface area contributed by atoms with E-state index < -0.39 is 5.60 Å². The summed E-state index contributed by atoms with van der Waals surface area (Å²) in [5, 5.41) is 0. The van der Waals surface area contributed by atoms with E-state index in [1.54, 1.807) is 25.4 Å². The van der Waals surface area contributed by atoms with Crippen LogP contribution in [0, 0.1) is 0 Å². The van der Waals surface area contributed by atoms with Gasteiger partial charge in [-0.15, -0.1) is 0 Å². The van der Waals surface area contributed by atoms with Gasteiger partial charge in [-0.05, 0) is 46.9 Å². The summed E-state index contributed by atoms with van der Waals surface area (Å²) in [6.45, 7) is 2.45. The fraction of sp³-hybridized carbons (Fsp3) is 0.133. The number of benzene rings is 3. The van der Waals surface area contributed by atoms with Crippen molar-refractivity contribution in [2.45, 2.75) is 19.1 Å². The summed E-state index contributed by atoms with van der Waals surface area (Å²) >= 11 is 0. The van der Waals surface area contributed by atoms with Crippen LogP contribution in [0.15, 0.2) is 116 Å². The number of ether oxygens (including phenoxy) is 2. The summed E-state index contributed by atoms with van der Waals surface area (Å²) in [5.74, 6) is -0.375. The Bertz CT molecular complexity index is 1120. The monoisotopic (exact) mass is 449 g/mol. The van der Waals surface area contributed by atoms with Crippen molar-refractivity contribution in [2.75, 3.05) is 6.61 Å². The molecule has 0 unspecified atom stereocenters. The first-order chi connectivity index (χ1) is 16.7. The number of rotatable bonds is 9. The van der Waals surface area contributed by atoms with E-state index in [1.807, 2.05) is 60.7 Å². The topological polar surface area (TPSA) is 48.4 Å². The van der Waals surface area contributed by atoms with E-state index in [2.05, 4.69) is 41.4 Å². The molecule has 0 aliphatic heterocycles. The van der Waals surface area contributed by atoms with Gasteiger partial charge in [-0.3, -0.25) is 4.98 Å². The van der Waals surface area contributed by atoms with Gasteiger partial charge in [-0.25, -0.2) is 4.79 Å². The van der Waals surface area contributed by atoms with E-state index >= 15 is 0 Å². The van der Waals surface area contributed by atoms with E-state index in [0.717, 1.165) is 27.8 Å². The molecule has 0 N–H and O–H groups in total. The average molecular weight is 450 g/mol. The van der Waals surface area contributed by atoms with E-state index in [9.17, 15) is 4.79 Å². The predicted octanol–water partition coefficient (Wildman–Crippen LogP) is 6.17. The van der Waals surface area contributed by atoms with Crippen LogP contribution in [0.25, 0.3) is 6.08 Å². The molecule has 0 aliphatic carbocycles. The highest BCUT2D eigenvalue weighted by Crippen LogP contribution is 2.41. The molecule has 4 rings (SSSR count). The summed E-state index contributed by atoms with van der Waals surface area (Å²) in [6.07, 6.45) is 6.60. The Labute approximate surface area is 200 Å². The predicted molar refractivity (Wildman–Crippen MR) is 134 cm³/mol. The molecule has 0 atom stereocenters. The van der Waals surface area contributed by atoms with Gasteiger partial charge in [0.1, 0.15) is 5.60 Å². The fourth-order valence-electron chi connectivity index (χ4n) is 3.99. The minimum Gasteiger partial charge on any atom is -0.463 e. The molecule has 0 amide bonds. The molecule has 3 aromatic carbocycles. The second-order valence-electron chi connectivity index (χ2n) is 7.78. The van der Waals surface area contributed by atoms with Gasteiger partial charge in [-0.1, -0.05) is 91.0 Å². The zero-order chi connectivity index (χ0) is 23.6. The van der Waals surface area contributed by atoms with Crippen molar-refractivity contribution in [3.63, 3.8) is 0 Å². The molecule has 1 heterocycles. The Balaban J connectivity index is 1.72. The number of hydrogen-bond acceptors (Lipinski definition) is 4. The lowest BCUT2D eigenvalue weighted by atomic mass is 9.80. The molecule has 0 bridgehead atoms. The molecule has 1 aromatic heterocycles. The van der Waals surface area contributed by atoms with Crippen LogP contribution in [-0.2, 0) is 26.5 Å². The highest BCUT2D eigenvalue weighted by Gasteiger charge is 2.37. The summed E-state index contributed by atoms with van der Waals surface area (Å²) < 4.78 is 11.8. The molecule has 4 nitrogen and oxygen atoms in total. The zero-order valence-corrected chi connectivity index (χ0v) is 19.1. The van der Waals surface area contributed by atoms with Gasteiger partial charge in [0.15, 0.2) is 0 Å². The van der Waals surface area contributed by atoms with Crippen LogP contribution in [0.3, 0.4) is 0 Å². The third-order valence-electron chi connectivity index (χ3n) is 5.51. The first kappa shape index (κ1) is 23.1. The third kappa shape index (κ3) is 5.30. The molecule has 34 heavy (non-hydrogen) atoms. The van der Waals surface area contributed by atoms with Gasteiger partial charge in [0.05, 0.1) is 13.2 Å². The van der Waals surface area contributed by atoms with Crippen LogP contribution in [-0.4, -0.2) is 17.6 Å². The molecule has 0 saturated heterocycles. The molecule has 4 aromatic rings. The first-order valence-corrected chi connectivity index (χ1v) is 11.3. The maximum atomic E-state index is 11.7. The Morgan fingerprint density at radius 1 is 0.824 bits per heavy atom.